The SMILES string of the molecule is CCOC(=O)C(N)CSCc1cccc2cccnc12. The van der Waals surface area contributed by atoms with Crippen molar-refractivity contribution in [2.24, 2.45) is 5.73 Å². The van der Waals surface area contributed by atoms with Gasteiger partial charge in [-0.2, -0.15) is 11.8 Å². The largest absolute Gasteiger partial charge is 0.465 e. The van der Waals surface area contributed by atoms with Crippen LogP contribution in [0.1, 0.15) is 12.5 Å². The Morgan fingerprint density at radius 1 is 1.40 bits per heavy atom. The lowest BCUT2D eigenvalue weighted by molar-refractivity contribution is -0.144. The van der Waals surface area contributed by atoms with E-state index in [0.29, 0.717) is 12.4 Å². The highest BCUT2D eigenvalue weighted by Crippen LogP contribution is 2.21. The van der Waals surface area contributed by atoms with Crippen LogP contribution in [0.3, 0.4) is 0 Å². The van der Waals surface area contributed by atoms with E-state index in [-0.39, 0.29) is 5.97 Å². The highest BCUT2D eigenvalue weighted by Gasteiger charge is 2.14. The second-order valence-corrected chi connectivity index (χ2v) is 5.40. The summed E-state index contributed by atoms with van der Waals surface area (Å²) in [5.74, 6) is 0.986. The number of fused-ring (bicyclic) bond motifs is 1. The lowest BCUT2D eigenvalue weighted by atomic mass is 10.1. The van der Waals surface area contributed by atoms with Crippen molar-refractivity contribution in [1.82, 2.24) is 4.98 Å². The molecule has 5 heteroatoms. The Balaban J connectivity index is 1.95. The Morgan fingerprint density at radius 2 is 2.20 bits per heavy atom. The molecular formula is C15H18N2O2S. The van der Waals surface area contributed by atoms with Crippen molar-refractivity contribution in [3.63, 3.8) is 0 Å². The number of ether oxygens (including phenoxy) is 1. The Bertz CT molecular complexity index is 584. The van der Waals surface area contributed by atoms with Crippen molar-refractivity contribution in [2.75, 3.05) is 12.4 Å². The van der Waals surface area contributed by atoms with Gasteiger partial charge in [0, 0.05) is 23.1 Å². The van der Waals surface area contributed by atoms with Gasteiger partial charge in [-0.25, -0.2) is 0 Å². The quantitative estimate of drug-likeness (QED) is 0.827. The Morgan fingerprint density at radius 3 is 3.00 bits per heavy atom. The maximum atomic E-state index is 11.4. The first kappa shape index (κ1) is 14.8. The molecule has 0 aliphatic rings. The number of thioether (sulfide) groups is 1. The third-order valence-electron chi connectivity index (χ3n) is 2.86. The van der Waals surface area contributed by atoms with Gasteiger partial charge in [-0.05, 0) is 18.6 Å². The highest BCUT2D eigenvalue weighted by molar-refractivity contribution is 7.98. The van der Waals surface area contributed by atoms with E-state index < -0.39 is 6.04 Å². The topological polar surface area (TPSA) is 65.2 Å². The van der Waals surface area contributed by atoms with Gasteiger partial charge in [0.05, 0.1) is 12.1 Å². The molecule has 20 heavy (non-hydrogen) atoms. The number of benzene rings is 1. The molecule has 4 nitrogen and oxygen atoms in total. The van der Waals surface area contributed by atoms with Crippen molar-refractivity contribution in [1.29, 1.82) is 0 Å². The molecule has 0 amide bonds. The summed E-state index contributed by atoms with van der Waals surface area (Å²) in [4.78, 5) is 15.8. The third-order valence-corrected chi connectivity index (χ3v) is 3.97. The maximum absolute atomic E-state index is 11.4. The molecule has 0 radical (unpaired) electrons. The smallest absolute Gasteiger partial charge is 0.323 e. The molecule has 1 aromatic carbocycles. The van der Waals surface area contributed by atoms with E-state index in [1.807, 2.05) is 24.3 Å². The highest BCUT2D eigenvalue weighted by atomic mass is 32.2. The first-order valence-corrected chi connectivity index (χ1v) is 7.70. The average Bonchev–Trinajstić information content (AvgIpc) is 2.47. The fourth-order valence-electron chi connectivity index (χ4n) is 1.90. The van der Waals surface area contributed by atoms with Crippen LogP contribution in [0.15, 0.2) is 36.5 Å². The molecule has 106 valence electrons. The summed E-state index contributed by atoms with van der Waals surface area (Å²) in [6.07, 6.45) is 1.79. The van der Waals surface area contributed by atoms with E-state index in [1.165, 1.54) is 0 Å². The number of aromatic nitrogens is 1. The van der Waals surface area contributed by atoms with Crippen LogP contribution in [-0.2, 0) is 15.3 Å². The third kappa shape index (κ3) is 3.71. The Labute approximate surface area is 122 Å². The second-order valence-electron chi connectivity index (χ2n) is 4.37. The predicted octanol–water partition coefficient (Wildman–Crippen LogP) is 2.36. The minimum absolute atomic E-state index is 0.337. The first-order chi connectivity index (χ1) is 9.72. The zero-order valence-electron chi connectivity index (χ0n) is 11.4. The van der Waals surface area contributed by atoms with Crippen molar-refractivity contribution < 1.29 is 9.53 Å². The van der Waals surface area contributed by atoms with E-state index in [4.69, 9.17) is 10.5 Å². The fraction of sp³-hybridized carbons (Fsp3) is 0.333. The number of esters is 1. The summed E-state index contributed by atoms with van der Waals surface area (Å²) < 4.78 is 4.89. The zero-order valence-corrected chi connectivity index (χ0v) is 12.2. The van der Waals surface area contributed by atoms with Gasteiger partial charge < -0.3 is 10.5 Å². The van der Waals surface area contributed by atoms with E-state index >= 15 is 0 Å². The summed E-state index contributed by atoms with van der Waals surface area (Å²) in [7, 11) is 0. The summed E-state index contributed by atoms with van der Waals surface area (Å²) in [5.41, 5.74) is 7.93. The van der Waals surface area contributed by atoms with Crippen LogP contribution in [0.5, 0.6) is 0 Å². The summed E-state index contributed by atoms with van der Waals surface area (Å²) in [6, 6.07) is 9.52. The van der Waals surface area contributed by atoms with Gasteiger partial charge in [0.1, 0.15) is 6.04 Å². The van der Waals surface area contributed by atoms with Crippen molar-refractivity contribution in [3.05, 3.63) is 42.1 Å². The van der Waals surface area contributed by atoms with E-state index in [2.05, 4.69) is 11.1 Å². The minimum Gasteiger partial charge on any atom is -0.465 e. The molecule has 1 heterocycles. The van der Waals surface area contributed by atoms with Crippen LogP contribution < -0.4 is 5.73 Å². The summed E-state index contributed by atoms with van der Waals surface area (Å²) in [6.45, 7) is 2.14. The molecule has 0 aliphatic carbocycles. The molecule has 0 bridgehead atoms. The molecule has 2 N–H and O–H groups in total. The number of hydrogen-bond acceptors (Lipinski definition) is 5. The van der Waals surface area contributed by atoms with E-state index in [9.17, 15) is 4.79 Å². The first-order valence-electron chi connectivity index (χ1n) is 6.55. The van der Waals surface area contributed by atoms with Crippen LogP contribution in [0.25, 0.3) is 10.9 Å². The average molecular weight is 290 g/mol. The van der Waals surface area contributed by atoms with Gasteiger partial charge in [-0.15, -0.1) is 0 Å². The van der Waals surface area contributed by atoms with Crippen LogP contribution in [0.4, 0.5) is 0 Å². The molecule has 0 aliphatic heterocycles. The van der Waals surface area contributed by atoms with Crippen molar-refractivity contribution >= 4 is 28.6 Å². The monoisotopic (exact) mass is 290 g/mol. The number of carbonyl (C=O) groups excluding carboxylic acids is 1. The van der Waals surface area contributed by atoms with Gasteiger partial charge in [-0.3, -0.25) is 9.78 Å². The number of nitrogens with zero attached hydrogens (tertiary/aromatic N) is 1. The van der Waals surface area contributed by atoms with Gasteiger partial charge in [0.25, 0.3) is 0 Å². The minimum atomic E-state index is -0.567. The molecule has 0 fully saturated rings. The number of hydrogen-bond donors (Lipinski definition) is 1. The molecular weight excluding hydrogens is 272 g/mol. The Kier molecular flexibility index (Phi) is 5.38. The van der Waals surface area contributed by atoms with E-state index in [0.717, 1.165) is 22.2 Å². The zero-order chi connectivity index (χ0) is 14.4. The van der Waals surface area contributed by atoms with Gasteiger partial charge in [-0.1, -0.05) is 24.3 Å². The lowest BCUT2D eigenvalue weighted by Gasteiger charge is -2.10. The molecule has 0 spiro atoms. The van der Waals surface area contributed by atoms with Gasteiger partial charge in [0.15, 0.2) is 0 Å². The lowest BCUT2D eigenvalue weighted by Crippen LogP contribution is -2.34. The molecule has 1 unspecified atom stereocenters. The normalized spacial score (nSPS) is 12.3. The van der Waals surface area contributed by atoms with Gasteiger partial charge >= 0.3 is 5.97 Å². The predicted molar refractivity (Wildman–Crippen MR) is 82.5 cm³/mol. The summed E-state index contributed by atoms with van der Waals surface area (Å²) in [5, 5.41) is 1.13. The van der Waals surface area contributed by atoms with Crippen LogP contribution in [0, 0.1) is 0 Å². The number of pyridine rings is 1. The van der Waals surface area contributed by atoms with Crippen LogP contribution >= 0.6 is 11.8 Å². The standard InChI is InChI=1S/C15H18N2O2S/c1-2-19-15(18)13(16)10-20-9-12-6-3-5-11-7-4-8-17-14(11)12/h3-8,13H,2,9-10,16H2,1H3. The fourth-order valence-corrected chi connectivity index (χ4v) is 2.86. The van der Waals surface area contributed by atoms with Gasteiger partial charge in [0.2, 0.25) is 0 Å². The van der Waals surface area contributed by atoms with Crippen LogP contribution in [-0.4, -0.2) is 29.4 Å². The number of nitrogens with two attached hydrogens (primary N) is 1. The number of rotatable bonds is 6. The molecule has 0 saturated heterocycles. The summed E-state index contributed by atoms with van der Waals surface area (Å²) >= 11 is 1.62. The molecule has 2 rings (SSSR count). The van der Waals surface area contributed by atoms with Crippen molar-refractivity contribution in [2.45, 2.75) is 18.7 Å². The molecule has 1 aromatic heterocycles. The molecule has 2 aromatic rings. The van der Waals surface area contributed by atoms with Crippen LogP contribution in [0.2, 0.25) is 0 Å². The maximum Gasteiger partial charge on any atom is 0.323 e. The molecule has 1 atom stereocenters. The Hall–Kier alpha value is -1.59. The number of para-hydroxylation sites is 1. The van der Waals surface area contributed by atoms with Crippen molar-refractivity contribution in [3.8, 4) is 0 Å². The molecule has 0 saturated carbocycles. The second kappa shape index (κ2) is 7.26. The van der Waals surface area contributed by atoms with E-state index in [1.54, 1.807) is 24.9 Å². The number of carbonyl (C=O) groups is 1.